The minimum Gasteiger partial charge on any atom is -0.668 e. The molecule has 0 aromatic heterocycles. The van der Waals surface area contributed by atoms with E-state index >= 15 is 0 Å². The molecule has 75 heavy (non-hydrogen) atoms. The summed E-state index contributed by atoms with van der Waals surface area (Å²) in [5, 5.41) is 15.4. The predicted octanol–water partition coefficient (Wildman–Crippen LogP) is 2.58. The Balaban J connectivity index is -0.000000428. The van der Waals surface area contributed by atoms with Crippen molar-refractivity contribution in [2.24, 2.45) is 10.8 Å². The average molecular weight is 1420 g/mol. The van der Waals surface area contributed by atoms with Crippen molar-refractivity contribution in [2.45, 2.75) is 110 Å². The smallest absolute Gasteiger partial charge is 0.222 e. The minimum atomic E-state index is -0.806. The first-order valence-electron chi connectivity index (χ1n) is 24.9. The fourth-order valence-corrected chi connectivity index (χ4v) is 6.18. The van der Waals surface area contributed by atoms with Crippen molar-refractivity contribution in [1.29, 1.82) is 0 Å². The maximum Gasteiger partial charge on any atom is 0.222 e. The molecule has 0 aromatic rings. The van der Waals surface area contributed by atoms with Crippen LogP contribution in [0.15, 0.2) is 0 Å². The summed E-state index contributed by atoms with van der Waals surface area (Å²) in [5.41, 5.74) is 12.6. The zero-order valence-corrected chi connectivity index (χ0v) is 50.8. The first-order valence-corrected chi connectivity index (χ1v) is 24.9. The summed E-state index contributed by atoms with van der Waals surface area (Å²) in [7, 11) is 9.47. The number of unbranched alkanes of at least 4 members (excludes halogenated alkanes) is 4. The van der Waals surface area contributed by atoms with Crippen LogP contribution in [0.3, 0.4) is 0 Å². The number of ether oxygens (including phenoxy) is 8. The Labute approximate surface area is 475 Å². The number of carbonyl (C=O) groups excluding carboxylic acids is 8. The minimum absolute atomic E-state index is 0. The molecule has 0 aromatic carbocycles. The Morgan fingerprint density at radius 2 is 0.480 bits per heavy atom. The summed E-state index contributed by atoms with van der Waals surface area (Å²) >= 11 is 0. The summed E-state index contributed by atoms with van der Waals surface area (Å²) in [5.74, 6) is -1.79. The van der Waals surface area contributed by atoms with Gasteiger partial charge >= 0.3 is 0 Å². The Bertz CT molecular complexity index is 1360. The second-order valence-corrected chi connectivity index (χ2v) is 17.1. The number of hydrogen-bond donors (Lipinski definition) is 6. The summed E-state index contributed by atoms with van der Waals surface area (Å²) in [4.78, 5) is 90.4. The van der Waals surface area contributed by atoms with E-state index in [4.69, 9.17) is 49.4 Å². The van der Waals surface area contributed by atoms with Crippen LogP contribution in [0.5, 0.6) is 0 Å². The molecule has 0 saturated heterocycles. The molecule has 0 saturated carbocycles. The normalized spacial score (nSPS) is 10.7. The van der Waals surface area contributed by atoms with Crippen LogP contribution in [0.1, 0.15) is 110 Å². The van der Waals surface area contributed by atoms with Gasteiger partial charge in [-0.3, -0.25) is 28.8 Å². The van der Waals surface area contributed by atoms with Gasteiger partial charge in [-0.1, -0.05) is 7.43 Å². The van der Waals surface area contributed by atoms with Gasteiger partial charge in [0.05, 0.1) is 96.0 Å². The van der Waals surface area contributed by atoms with Crippen LogP contribution in [0.2, 0.25) is 0 Å². The summed E-state index contributed by atoms with van der Waals surface area (Å²) in [6.07, 6.45) is 7.71. The number of hydrogen-bond acceptors (Lipinski definition) is 16. The molecule has 24 nitrogen and oxygen atoms in total. The van der Waals surface area contributed by atoms with Crippen LogP contribution < -0.4 is 31.9 Å². The second-order valence-electron chi connectivity index (χ2n) is 17.1. The first kappa shape index (κ1) is 80.7. The number of carbonyl (C=O) groups is 8. The molecule has 440 valence electrons. The SMILES string of the molecule is C.CNC(=O)CCCCOCC(COCCCCC([NH-])=O)(COCCCCC(=O)NC)COCCCCC(=O)NC.CNC(=O)CCOCC(COCCC([NH-])=O)(COCCC(=O)NC)COCCC(=O)NC.[W].[W]. The number of rotatable bonds is 48. The molecule has 0 aliphatic carbocycles. The van der Waals surface area contributed by atoms with Gasteiger partial charge in [-0.05, 0) is 57.8 Å². The third kappa shape index (κ3) is 51.3. The topological polar surface area (TPSA) is 330 Å². The van der Waals surface area contributed by atoms with E-state index in [1.165, 1.54) is 21.1 Å². The predicted molar refractivity (Wildman–Crippen MR) is 275 cm³/mol. The van der Waals surface area contributed by atoms with Crippen LogP contribution in [0, 0.1) is 10.8 Å². The second kappa shape index (κ2) is 55.6. The molecule has 0 heterocycles. The van der Waals surface area contributed by atoms with Crippen molar-refractivity contribution in [1.82, 2.24) is 31.9 Å². The molecule has 8 N–H and O–H groups in total. The van der Waals surface area contributed by atoms with Crippen LogP contribution in [0.4, 0.5) is 0 Å². The standard InChI is InChI=1S/C28H54N4O8.C20H38N4O8.CH4.2W/c1-30-25(34)13-5-9-17-38-21-28(20-37-16-8-4-12-24(29)33,22-39-18-10-6-14-26(35)31-2)23-40-19-11-7-15-27(36)32-3;1-22-17(26)5-9-30-13-20(12-29-8-4-16(21)25,14-31-10-6-18(27)23-2)15-32-11-7-19(28)24-3;;;/h4-23H2,1-3H3,(H5,29,30,31,32,33,34,35,36);4-15H2,1-3H3,(H5,21,22,23,24,25,26,27,28);1H4;;/p-2. The van der Waals surface area contributed by atoms with Crippen molar-refractivity contribution < 1.29 is 118 Å². The van der Waals surface area contributed by atoms with Crippen LogP contribution in [-0.2, 0) is 118 Å². The van der Waals surface area contributed by atoms with E-state index in [9.17, 15) is 38.4 Å². The van der Waals surface area contributed by atoms with E-state index in [0.717, 1.165) is 38.5 Å². The number of amides is 8. The third-order valence-electron chi connectivity index (χ3n) is 10.6. The molecule has 8 amide bonds. The molecular formula is C49H94N8O16W2-2. The van der Waals surface area contributed by atoms with E-state index in [2.05, 4.69) is 31.9 Å². The van der Waals surface area contributed by atoms with Crippen molar-refractivity contribution in [3.8, 4) is 0 Å². The van der Waals surface area contributed by atoms with Gasteiger partial charge in [0.25, 0.3) is 0 Å². The summed E-state index contributed by atoms with van der Waals surface area (Å²) in [6.45, 7) is 4.30. The average Bonchev–Trinajstić information content (AvgIpc) is 3.37. The molecule has 0 fully saturated rings. The van der Waals surface area contributed by atoms with Crippen molar-refractivity contribution in [2.75, 3.05) is 148 Å². The maximum atomic E-state index is 11.5. The molecule has 0 unspecified atom stereocenters. The maximum absolute atomic E-state index is 11.5. The van der Waals surface area contributed by atoms with Gasteiger partial charge < -0.3 is 90.9 Å². The molecule has 0 radical (unpaired) electrons. The summed E-state index contributed by atoms with van der Waals surface area (Å²) < 4.78 is 46.7. The van der Waals surface area contributed by atoms with Gasteiger partial charge in [0, 0.05) is 162 Å². The molecule has 0 spiro atoms. The molecule has 0 aliphatic heterocycles. The van der Waals surface area contributed by atoms with E-state index < -0.39 is 22.6 Å². The third-order valence-corrected chi connectivity index (χ3v) is 10.6. The summed E-state index contributed by atoms with van der Waals surface area (Å²) in [6, 6.07) is 0. The first-order chi connectivity index (χ1) is 34.6. The van der Waals surface area contributed by atoms with Crippen molar-refractivity contribution in [3.63, 3.8) is 0 Å². The Hall–Kier alpha value is -3.18. The molecular weight excluding hydrogens is 1320 g/mol. The van der Waals surface area contributed by atoms with E-state index in [1.54, 1.807) is 21.1 Å². The van der Waals surface area contributed by atoms with E-state index in [0.29, 0.717) is 85.0 Å². The van der Waals surface area contributed by atoms with Crippen LogP contribution >= 0.6 is 0 Å². The molecule has 0 rings (SSSR count). The van der Waals surface area contributed by atoms with Gasteiger partial charge in [0.1, 0.15) is 0 Å². The largest absolute Gasteiger partial charge is 0.668 e. The van der Waals surface area contributed by atoms with Gasteiger partial charge in [-0.15, -0.1) is 0 Å². The van der Waals surface area contributed by atoms with Gasteiger partial charge in [-0.25, -0.2) is 0 Å². The van der Waals surface area contributed by atoms with Gasteiger partial charge in [-0.2, -0.15) is 0 Å². The molecule has 0 atom stereocenters. The molecule has 0 aliphatic rings. The van der Waals surface area contributed by atoms with Crippen molar-refractivity contribution >= 4 is 47.3 Å². The Kier molecular flexibility index (Phi) is 59.8. The van der Waals surface area contributed by atoms with E-state index in [-0.39, 0.29) is 170 Å². The van der Waals surface area contributed by atoms with Crippen molar-refractivity contribution in [3.05, 3.63) is 11.5 Å². The van der Waals surface area contributed by atoms with Gasteiger partial charge in [0.2, 0.25) is 35.4 Å². The fraction of sp³-hybridized carbons (Fsp3) is 0.837. The van der Waals surface area contributed by atoms with Crippen LogP contribution in [0.25, 0.3) is 11.5 Å². The zero-order valence-electron chi connectivity index (χ0n) is 45.0. The van der Waals surface area contributed by atoms with E-state index in [1.807, 2.05) is 0 Å². The fourth-order valence-electron chi connectivity index (χ4n) is 6.18. The van der Waals surface area contributed by atoms with Gasteiger partial charge in [0.15, 0.2) is 0 Å². The molecule has 26 heteroatoms. The molecule has 0 bridgehead atoms. The van der Waals surface area contributed by atoms with Crippen LogP contribution in [-0.4, -0.2) is 195 Å². The number of nitrogens with one attached hydrogen (secondary N) is 8. The zero-order chi connectivity index (χ0) is 54.1. The monoisotopic (exact) mass is 1420 g/mol. The Morgan fingerprint density at radius 3 is 0.693 bits per heavy atom. The Morgan fingerprint density at radius 1 is 0.293 bits per heavy atom. The quantitative estimate of drug-likeness (QED) is 0.0477.